The number of aromatic amines is 1. The smallest absolute Gasteiger partial charge is 0.351 e. The Balaban J connectivity index is 2.48. The molecule has 0 spiro atoms. The van der Waals surface area contributed by atoms with Gasteiger partial charge in [-0.25, -0.2) is 0 Å². The lowest BCUT2D eigenvalue weighted by Gasteiger charge is -2.21. The van der Waals surface area contributed by atoms with Crippen LogP contribution in [0.15, 0.2) is 22.8 Å². The van der Waals surface area contributed by atoms with E-state index in [1.165, 1.54) is 6.20 Å². The minimum Gasteiger partial charge on any atom is -0.351 e. The number of allylic oxidation sites excluding steroid dienone is 4. The molecule has 1 N–H and O–H groups in total. The molecule has 1 aliphatic carbocycles. The van der Waals surface area contributed by atoms with Crippen molar-refractivity contribution in [3.8, 4) is 0 Å². The van der Waals surface area contributed by atoms with Crippen LogP contribution in [-0.4, -0.2) is 17.4 Å². The molecular formula is C12H8BrClF3NO. The van der Waals surface area contributed by atoms with Crippen molar-refractivity contribution in [3.05, 3.63) is 39.1 Å². The van der Waals surface area contributed by atoms with Crippen LogP contribution in [-0.2, 0) is 0 Å². The molecule has 1 aromatic rings. The molecule has 1 heterocycles. The van der Waals surface area contributed by atoms with E-state index in [9.17, 15) is 18.0 Å². The normalized spacial score (nSPS) is 19.9. The van der Waals surface area contributed by atoms with Crippen molar-refractivity contribution < 1.29 is 18.0 Å². The van der Waals surface area contributed by atoms with E-state index in [4.69, 9.17) is 11.6 Å². The van der Waals surface area contributed by atoms with Gasteiger partial charge in [0.05, 0.1) is 11.5 Å². The topological polar surface area (TPSA) is 32.9 Å². The van der Waals surface area contributed by atoms with Crippen LogP contribution in [0.2, 0.25) is 5.15 Å². The molecule has 7 heteroatoms. The molecule has 2 nitrogen and oxygen atoms in total. The maximum absolute atomic E-state index is 12.8. The van der Waals surface area contributed by atoms with Crippen molar-refractivity contribution in [2.45, 2.75) is 12.6 Å². The van der Waals surface area contributed by atoms with Crippen molar-refractivity contribution in [3.63, 3.8) is 0 Å². The van der Waals surface area contributed by atoms with E-state index in [1.54, 1.807) is 6.08 Å². The number of rotatable bonds is 2. The van der Waals surface area contributed by atoms with Gasteiger partial charge >= 0.3 is 6.18 Å². The van der Waals surface area contributed by atoms with Crippen molar-refractivity contribution >= 4 is 39.4 Å². The molecule has 0 amide bonds. The second-order valence-corrected chi connectivity index (χ2v) is 5.51. The summed E-state index contributed by atoms with van der Waals surface area (Å²) in [6, 6.07) is 0. The molecule has 0 aliphatic heterocycles. The van der Waals surface area contributed by atoms with Crippen molar-refractivity contribution in [1.29, 1.82) is 0 Å². The van der Waals surface area contributed by atoms with Gasteiger partial charge in [-0.15, -0.1) is 0 Å². The molecule has 0 saturated carbocycles. The van der Waals surface area contributed by atoms with Gasteiger partial charge in [-0.2, -0.15) is 13.2 Å². The lowest BCUT2D eigenvalue weighted by molar-refractivity contribution is -0.160. The first-order valence-corrected chi connectivity index (χ1v) is 6.47. The third-order valence-corrected chi connectivity index (χ3v) is 3.69. The monoisotopic (exact) mass is 353 g/mol. The van der Waals surface area contributed by atoms with Gasteiger partial charge in [-0.3, -0.25) is 4.79 Å². The minimum atomic E-state index is -4.32. The molecule has 0 saturated heterocycles. The first-order valence-electron chi connectivity index (χ1n) is 5.30. The Kier molecular flexibility index (Phi) is 3.92. The fraction of sp³-hybridized carbons (Fsp3) is 0.250. The van der Waals surface area contributed by atoms with Crippen molar-refractivity contribution in [1.82, 2.24) is 4.98 Å². The van der Waals surface area contributed by atoms with Crippen LogP contribution in [0.4, 0.5) is 13.2 Å². The van der Waals surface area contributed by atoms with Gasteiger partial charge in [0.15, 0.2) is 6.29 Å². The van der Waals surface area contributed by atoms with Crippen molar-refractivity contribution in [2.75, 3.05) is 0 Å². The number of hydrogen-bond acceptors (Lipinski definition) is 1. The Bertz CT molecular complexity index is 574. The number of aldehydes is 1. The molecule has 2 rings (SSSR count). The highest BCUT2D eigenvalue weighted by Crippen LogP contribution is 2.41. The number of hydrogen-bond donors (Lipinski definition) is 1. The van der Waals surface area contributed by atoms with Crippen LogP contribution in [0.25, 0.3) is 5.57 Å². The van der Waals surface area contributed by atoms with Crippen LogP contribution in [0, 0.1) is 5.92 Å². The number of alkyl halides is 3. The van der Waals surface area contributed by atoms with Crippen LogP contribution >= 0.6 is 27.5 Å². The standard InChI is InChI=1S/C12H8BrClF3NO/c13-8-2-6(1-7(3-8)12(15,16)17)9-4-18-11(14)10(9)5-19/h1-2,4-5,7,18H,3H2. The summed E-state index contributed by atoms with van der Waals surface area (Å²) < 4.78 is 38.8. The summed E-state index contributed by atoms with van der Waals surface area (Å²) in [4.78, 5) is 13.5. The third kappa shape index (κ3) is 2.95. The summed E-state index contributed by atoms with van der Waals surface area (Å²) in [6.45, 7) is 0. The molecule has 1 atom stereocenters. The van der Waals surface area contributed by atoms with Crippen molar-refractivity contribution in [2.24, 2.45) is 5.92 Å². The summed E-state index contributed by atoms with van der Waals surface area (Å²) in [5, 5.41) is 0.115. The quantitative estimate of drug-likeness (QED) is 0.766. The highest BCUT2D eigenvalue weighted by Gasteiger charge is 2.39. The van der Waals surface area contributed by atoms with Crippen LogP contribution in [0.5, 0.6) is 0 Å². The highest BCUT2D eigenvalue weighted by atomic mass is 79.9. The van der Waals surface area contributed by atoms with Gasteiger partial charge < -0.3 is 4.98 Å². The first-order chi connectivity index (χ1) is 8.82. The number of H-pyrrole nitrogens is 1. The zero-order chi connectivity index (χ0) is 14.2. The van der Waals surface area contributed by atoms with Crippen LogP contribution in [0.3, 0.4) is 0 Å². The molecule has 1 aliphatic rings. The summed E-state index contributed by atoms with van der Waals surface area (Å²) >= 11 is 8.86. The number of carbonyl (C=O) groups excluding carboxylic acids is 1. The van der Waals surface area contributed by atoms with E-state index in [0.717, 1.165) is 6.08 Å². The maximum Gasteiger partial charge on any atom is 0.395 e. The van der Waals surface area contributed by atoms with E-state index in [0.29, 0.717) is 21.9 Å². The molecule has 102 valence electrons. The minimum absolute atomic E-state index is 0.115. The largest absolute Gasteiger partial charge is 0.395 e. The number of nitrogens with one attached hydrogen (secondary N) is 1. The highest BCUT2D eigenvalue weighted by molar-refractivity contribution is 9.11. The Morgan fingerprint density at radius 1 is 1.47 bits per heavy atom. The van der Waals surface area contributed by atoms with Crippen LogP contribution < -0.4 is 0 Å². The zero-order valence-corrected chi connectivity index (χ0v) is 11.7. The van der Waals surface area contributed by atoms with E-state index in [2.05, 4.69) is 20.9 Å². The predicted molar refractivity (Wildman–Crippen MR) is 70.3 cm³/mol. The van der Waals surface area contributed by atoms with E-state index in [-0.39, 0.29) is 17.1 Å². The third-order valence-electron chi connectivity index (χ3n) is 2.83. The molecule has 1 unspecified atom stereocenters. The summed E-state index contributed by atoms with van der Waals surface area (Å²) in [6.07, 6.45) is 0.162. The summed E-state index contributed by atoms with van der Waals surface area (Å²) in [7, 11) is 0. The summed E-state index contributed by atoms with van der Waals surface area (Å²) in [5.41, 5.74) is 0.851. The molecule has 0 bridgehead atoms. The molecule has 0 aromatic carbocycles. The second kappa shape index (κ2) is 5.17. The van der Waals surface area contributed by atoms with Gasteiger partial charge in [0.1, 0.15) is 5.15 Å². The van der Waals surface area contributed by atoms with E-state index < -0.39 is 12.1 Å². The van der Waals surface area contributed by atoms with Gasteiger partial charge in [0, 0.05) is 11.8 Å². The molecule has 0 fully saturated rings. The Morgan fingerprint density at radius 3 is 2.74 bits per heavy atom. The average molecular weight is 355 g/mol. The SMILES string of the molecule is O=Cc1c(C2=CC(C(F)(F)F)CC(Br)=C2)c[nH]c1Cl. The molecule has 1 aromatic heterocycles. The van der Waals surface area contributed by atoms with Crippen LogP contribution in [0.1, 0.15) is 22.3 Å². The fourth-order valence-corrected chi connectivity index (χ4v) is 2.70. The Labute approximate surface area is 120 Å². The maximum atomic E-state index is 12.8. The van der Waals surface area contributed by atoms with Gasteiger partial charge in [0.2, 0.25) is 0 Å². The summed E-state index contributed by atoms with van der Waals surface area (Å²) in [5.74, 6) is -1.57. The Morgan fingerprint density at radius 2 is 2.16 bits per heavy atom. The van der Waals surface area contributed by atoms with Gasteiger partial charge in [0.25, 0.3) is 0 Å². The van der Waals surface area contributed by atoms with Gasteiger partial charge in [-0.1, -0.05) is 33.6 Å². The number of halogens is 5. The lowest BCUT2D eigenvalue weighted by atomic mass is 9.91. The van der Waals surface area contributed by atoms with Gasteiger partial charge in [-0.05, 0) is 22.6 Å². The lowest BCUT2D eigenvalue weighted by Crippen LogP contribution is -2.22. The first kappa shape index (κ1) is 14.4. The molecule has 19 heavy (non-hydrogen) atoms. The predicted octanol–water partition coefficient (Wildman–Crippen LogP) is 4.73. The average Bonchev–Trinajstić information content (AvgIpc) is 2.68. The fourth-order valence-electron chi connectivity index (χ4n) is 1.90. The number of carbonyl (C=O) groups is 1. The zero-order valence-electron chi connectivity index (χ0n) is 9.39. The second-order valence-electron chi connectivity index (χ2n) is 4.11. The molecule has 0 radical (unpaired) electrons. The van der Waals surface area contributed by atoms with E-state index in [1.807, 2.05) is 0 Å². The Hall–Kier alpha value is -1.01. The van der Waals surface area contributed by atoms with E-state index >= 15 is 0 Å². The number of aromatic nitrogens is 1. The molecular weight excluding hydrogens is 346 g/mol.